The molecule has 0 saturated carbocycles. The summed E-state index contributed by atoms with van der Waals surface area (Å²) >= 11 is 5.03. The summed E-state index contributed by atoms with van der Waals surface area (Å²) in [6, 6.07) is 2.04. The van der Waals surface area contributed by atoms with Gasteiger partial charge in [-0.2, -0.15) is 0 Å². The van der Waals surface area contributed by atoms with E-state index in [4.69, 9.17) is 0 Å². The van der Waals surface area contributed by atoms with Crippen LogP contribution in [0.1, 0.15) is 10.4 Å². The normalized spacial score (nSPS) is 10.7. The van der Waals surface area contributed by atoms with E-state index in [1.54, 1.807) is 17.4 Å². The molecule has 0 fully saturated rings. The summed E-state index contributed by atoms with van der Waals surface area (Å²) in [5.74, 6) is 0. The molecule has 11 heavy (non-hydrogen) atoms. The van der Waals surface area contributed by atoms with Gasteiger partial charge in [0.15, 0.2) is 0 Å². The number of hydrogen-bond acceptors (Lipinski definition) is 2. The Hall–Kier alpha value is -0.410. The number of aryl methyl sites for hydroxylation is 1. The molecule has 1 aromatic heterocycles. The third-order valence-electron chi connectivity index (χ3n) is 1.22. The fourth-order valence-corrected chi connectivity index (χ4v) is 2.18. The first-order valence-electron chi connectivity index (χ1n) is 3.12. The highest BCUT2D eigenvalue weighted by Crippen LogP contribution is 2.27. The zero-order chi connectivity index (χ0) is 8.27. The van der Waals surface area contributed by atoms with Crippen LogP contribution < -0.4 is 0 Å². The van der Waals surface area contributed by atoms with Crippen molar-refractivity contribution in [1.29, 1.82) is 0 Å². The van der Waals surface area contributed by atoms with E-state index in [1.165, 1.54) is 11.6 Å². The van der Waals surface area contributed by atoms with Crippen molar-refractivity contribution in [1.82, 2.24) is 0 Å². The molecule has 0 aromatic carbocycles. The van der Waals surface area contributed by atoms with E-state index in [1.807, 2.05) is 13.0 Å². The number of aldehydes is 1. The summed E-state index contributed by atoms with van der Waals surface area (Å²) in [5.41, 5.74) is 1.21. The number of halogens is 1. The van der Waals surface area contributed by atoms with Crippen LogP contribution in [0.2, 0.25) is 0 Å². The second-order valence-corrected chi connectivity index (χ2v) is 4.50. The molecule has 1 heterocycles. The van der Waals surface area contributed by atoms with Gasteiger partial charge in [-0.05, 0) is 46.6 Å². The Morgan fingerprint density at radius 2 is 2.36 bits per heavy atom. The van der Waals surface area contributed by atoms with E-state index < -0.39 is 0 Å². The molecular formula is C8H7BrOS. The lowest BCUT2D eigenvalue weighted by Gasteiger charge is -1.77. The fraction of sp³-hybridized carbons (Fsp3) is 0.125. The van der Waals surface area contributed by atoms with Gasteiger partial charge >= 0.3 is 0 Å². The molecule has 0 atom stereocenters. The highest BCUT2D eigenvalue weighted by Gasteiger charge is 1.98. The van der Waals surface area contributed by atoms with Gasteiger partial charge in [-0.1, -0.05) is 0 Å². The molecule has 58 valence electrons. The fourth-order valence-electron chi connectivity index (χ4n) is 0.700. The molecule has 1 aromatic rings. The van der Waals surface area contributed by atoms with E-state index in [-0.39, 0.29) is 0 Å². The lowest BCUT2D eigenvalue weighted by molar-refractivity contribution is -0.104. The maximum atomic E-state index is 9.98. The minimum atomic E-state index is 0.781. The second-order valence-electron chi connectivity index (χ2n) is 2.10. The van der Waals surface area contributed by atoms with Crippen LogP contribution in [0.4, 0.5) is 0 Å². The third-order valence-corrected chi connectivity index (χ3v) is 3.32. The molecule has 0 aliphatic rings. The van der Waals surface area contributed by atoms with Gasteiger partial charge in [0.2, 0.25) is 0 Å². The lowest BCUT2D eigenvalue weighted by Crippen LogP contribution is -1.60. The number of rotatable bonds is 2. The van der Waals surface area contributed by atoms with Crippen LogP contribution >= 0.6 is 27.3 Å². The van der Waals surface area contributed by atoms with E-state index in [2.05, 4.69) is 15.9 Å². The molecule has 0 aliphatic carbocycles. The van der Waals surface area contributed by atoms with Crippen molar-refractivity contribution in [2.24, 2.45) is 0 Å². The van der Waals surface area contributed by atoms with E-state index >= 15 is 0 Å². The maximum absolute atomic E-state index is 9.98. The van der Waals surface area contributed by atoms with Gasteiger partial charge < -0.3 is 0 Å². The predicted molar refractivity (Wildman–Crippen MR) is 51.9 cm³/mol. The van der Waals surface area contributed by atoms with Crippen molar-refractivity contribution in [2.45, 2.75) is 6.92 Å². The summed E-state index contributed by atoms with van der Waals surface area (Å²) < 4.78 is 1.13. The largest absolute Gasteiger partial charge is 0.299 e. The van der Waals surface area contributed by atoms with Gasteiger partial charge in [-0.3, -0.25) is 4.79 Å². The smallest absolute Gasteiger partial charge is 0.142 e. The monoisotopic (exact) mass is 230 g/mol. The Morgan fingerprint density at radius 1 is 1.64 bits per heavy atom. The SMILES string of the molecule is Cc1cc(C=CC=O)sc1Br. The van der Waals surface area contributed by atoms with Crippen LogP contribution in [-0.2, 0) is 4.79 Å². The van der Waals surface area contributed by atoms with E-state index in [0.29, 0.717) is 0 Å². The number of carbonyl (C=O) groups is 1. The summed E-state index contributed by atoms with van der Waals surface area (Å²) in [6.07, 6.45) is 4.08. The van der Waals surface area contributed by atoms with Crippen molar-refractivity contribution in [3.8, 4) is 0 Å². The number of allylic oxidation sites excluding steroid dienone is 1. The minimum Gasteiger partial charge on any atom is -0.299 e. The van der Waals surface area contributed by atoms with Crippen molar-refractivity contribution in [3.63, 3.8) is 0 Å². The lowest BCUT2D eigenvalue weighted by atomic mass is 10.3. The molecule has 0 aliphatic heterocycles. The first-order valence-corrected chi connectivity index (χ1v) is 4.73. The first-order chi connectivity index (χ1) is 5.24. The van der Waals surface area contributed by atoms with Crippen LogP contribution in [0.5, 0.6) is 0 Å². The highest BCUT2D eigenvalue weighted by atomic mass is 79.9. The van der Waals surface area contributed by atoms with Gasteiger partial charge in [0.1, 0.15) is 6.29 Å². The zero-order valence-electron chi connectivity index (χ0n) is 6.00. The molecule has 0 unspecified atom stereocenters. The number of thiophene rings is 1. The van der Waals surface area contributed by atoms with Gasteiger partial charge in [-0.15, -0.1) is 11.3 Å². The molecule has 3 heteroatoms. The average Bonchev–Trinajstić information content (AvgIpc) is 2.28. The summed E-state index contributed by atoms with van der Waals surface area (Å²) in [7, 11) is 0. The van der Waals surface area contributed by atoms with Gasteiger partial charge in [0.05, 0.1) is 3.79 Å². The van der Waals surface area contributed by atoms with E-state index in [0.717, 1.165) is 14.9 Å². The molecule has 1 rings (SSSR count). The Bertz CT molecular complexity index is 269. The van der Waals surface area contributed by atoms with Crippen LogP contribution in [0.3, 0.4) is 0 Å². The summed E-state index contributed by atoms with van der Waals surface area (Å²) in [6.45, 7) is 2.03. The Morgan fingerprint density at radius 3 is 2.82 bits per heavy atom. The zero-order valence-corrected chi connectivity index (χ0v) is 8.41. The molecule has 0 radical (unpaired) electrons. The van der Waals surface area contributed by atoms with Crippen LogP contribution in [0, 0.1) is 6.92 Å². The van der Waals surface area contributed by atoms with Gasteiger partial charge in [0, 0.05) is 4.88 Å². The number of hydrogen-bond donors (Lipinski definition) is 0. The molecule has 1 nitrogen and oxygen atoms in total. The minimum absolute atomic E-state index is 0.781. The molecule has 0 bridgehead atoms. The second kappa shape index (κ2) is 3.83. The number of carbonyl (C=O) groups excluding carboxylic acids is 1. The van der Waals surface area contributed by atoms with Crippen LogP contribution in [0.15, 0.2) is 15.9 Å². The topological polar surface area (TPSA) is 17.1 Å². The van der Waals surface area contributed by atoms with Crippen LogP contribution in [-0.4, -0.2) is 6.29 Å². The van der Waals surface area contributed by atoms with Crippen molar-refractivity contribution < 1.29 is 4.79 Å². The molecule has 0 N–H and O–H groups in total. The maximum Gasteiger partial charge on any atom is 0.142 e. The highest BCUT2D eigenvalue weighted by molar-refractivity contribution is 9.11. The standard InChI is InChI=1S/C8H7BrOS/c1-6-5-7(3-2-4-10)11-8(6)9/h2-5H,1H3. The Balaban J connectivity index is 2.88. The summed E-state index contributed by atoms with van der Waals surface area (Å²) in [5, 5.41) is 0. The third kappa shape index (κ3) is 2.27. The quantitative estimate of drug-likeness (QED) is 0.564. The predicted octanol–water partition coefficient (Wildman–Crippen LogP) is 3.03. The average molecular weight is 231 g/mol. The molecular weight excluding hydrogens is 224 g/mol. The molecule has 0 amide bonds. The Kier molecular flexibility index (Phi) is 3.02. The van der Waals surface area contributed by atoms with E-state index in [9.17, 15) is 4.79 Å². The molecule has 0 spiro atoms. The van der Waals surface area contributed by atoms with Gasteiger partial charge in [-0.25, -0.2) is 0 Å². The summed E-state index contributed by atoms with van der Waals surface area (Å²) in [4.78, 5) is 11.1. The molecule has 0 saturated heterocycles. The van der Waals surface area contributed by atoms with Crippen LogP contribution in [0.25, 0.3) is 6.08 Å². The van der Waals surface area contributed by atoms with Gasteiger partial charge in [0.25, 0.3) is 0 Å². The van der Waals surface area contributed by atoms with Crippen molar-refractivity contribution in [3.05, 3.63) is 26.4 Å². The van der Waals surface area contributed by atoms with Crippen molar-refractivity contribution >= 4 is 39.6 Å². The first kappa shape index (κ1) is 8.68. The van der Waals surface area contributed by atoms with Crippen molar-refractivity contribution in [2.75, 3.05) is 0 Å². The Labute approximate surface area is 77.9 Å².